The van der Waals surface area contributed by atoms with Crippen molar-refractivity contribution in [2.45, 2.75) is 26.4 Å². The molecule has 2 N–H and O–H groups in total. The van der Waals surface area contributed by atoms with Gasteiger partial charge in [-0.2, -0.15) is 0 Å². The molecule has 0 atom stereocenters. The molecule has 2 aromatic rings. The minimum absolute atomic E-state index is 0.255. The van der Waals surface area contributed by atoms with Crippen molar-refractivity contribution in [1.82, 2.24) is 5.32 Å². The van der Waals surface area contributed by atoms with E-state index in [0.717, 1.165) is 0 Å². The van der Waals surface area contributed by atoms with Crippen molar-refractivity contribution in [3.05, 3.63) is 59.9 Å². The summed E-state index contributed by atoms with van der Waals surface area (Å²) in [7, 11) is 0. The monoisotopic (exact) mass is 402 g/mol. The number of carbonyl (C=O) groups is 3. The molecule has 2 amide bonds. The SMILES string of the molecule is CCNC(=O)c1cccc(NC(=O)COC(=O)C(C)(C)Oc2ccc(F)cc2)c1. The fourth-order valence-electron chi connectivity index (χ4n) is 2.34. The maximum atomic E-state index is 13.0. The fourth-order valence-corrected chi connectivity index (χ4v) is 2.34. The maximum absolute atomic E-state index is 13.0. The number of anilines is 1. The van der Waals surface area contributed by atoms with Gasteiger partial charge in [-0.25, -0.2) is 9.18 Å². The summed E-state index contributed by atoms with van der Waals surface area (Å²) in [5, 5.41) is 5.23. The highest BCUT2D eigenvalue weighted by atomic mass is 19.1. The number of ether oxygens (including phenoxy) is 2. The predicted octanol–water partition coefficient (Wildman–Crippen LogP) is 2.91. The van der Waals surface area contributed by atoms with Gasteiger partial charge in [-0.1, -0.05) is 6.07 Å². The molecule has 154 valence electrons. The van der Waals surface area contributed by atoms with Crippen LogP contribution in [0.2, 0.25) is 0 Å². The quantitative estimate of drug-likeness (QED) is 0.662. The number of hydrogen-bond donors (Lipinski definition) is 2. The van der Waals surface area contributed by atoms with Crippen LogP contribution in [0.1, 0.15) is 31.1 Å². The van der Waals surface area contributed by atoms with E-state index in [2.05, 4.69) is 10.6 Å². The first-order valence-corrected chi connectivity index (χ1v) is 9.01. The van der Waals surface area contributed by atoms with Gasteiger partial charge in [-0.15, -0.1) is 0 Å². The summed E-state index contributed by atoms with van der Waals surface area (Å²) in [6, 6.07) is 11.6. The molecule has 7 nitrogen and oxygen atoms in total. The number of benzene rings is 2. The average molecular weight is 402 g/mol. The molecule has 0 aromatic heterocycles. The standard InChI is InChI=1S/C21H23FN2O5/c1-4-23-19(26)14-6-5-7-16(12-14)24-18(25)13-28-20(27)21(2,3)29-17-10-8-15(22)9-11-17/h5-12H,4,13H2,1-3H3,(H,23,26)(H,24,25). The van der Waals surface area contributed by atoms with Crippen LogP contribution in [0.3, 0.4) is 0 Å². The third-order valence-electron chi connectivity index (χ3n) is 3.76. The Hall–Kier alpha value is -3.42. The van der Waals surface area contributed by atoms with Crippen molar-refractivity contribution in [1.29, 1.82) is 0 Å². The lowest BCUT2D eigenvalue weighted by Crippen LogP contribution is -2.41. The van der Waals surface area contributed by atoms with Crippen LogP contribution in [0.15, 0.2) is 48.5 Å². The van der Waals surface area contributed by atoms with E-state index in [0.29, 0.717) is 23.5 Å². The number of rotatable bonds is 8. The van der Waals surface area contributed by atoms with Crippen LogP contribution in [0, 0.1) is 5.82 Å². The third kappa shape index (κ3) is 6.60. The Balaban J connectivity index is 1.89. The molecule has 0 radical (unpaired) electrons. The van der Waals surface area contributed by atoms with E-state index in [4.69, 9.17) is 9.47 Å². The lowest BCUT2D eigenvalue weighted by Gasteiger charge is -2.24. The molecule has 0 spiro atoms. The molecule has 0 aliphatic heterocycles. The van der Waals surface area contributed by atoms with Crippen LogP contribution in [-0.4, -0.2) is 36.5 Å². The second-order valence-corrected chi connectivity index (χ2v) is 6.63. The Morgan fingerprint density at radius 1 is 1.07 bits per heavy atom. The highest BCUT2D eigenvalue weighted by Crippen LogP contribution is 2.20. The summed E-state index contributed by atoms with van der Waals surface area (Å²) >= 11 is 0. The number of halogens is 1. The molecule has 0 unspecified atom stereocenters. The zero-order valence-electron chi connectivity index (χ0n) is 16.5. The lowest BCUT2D eigenvalue weighted by molar-refractivity contribution is -0.161. The van der Waals surface area contributed by atoms with Crippen molar-refractivity contribution >= 4 is 23.5 Å². The molecule has 8 heteroatoms. The Morgan fingerprint density at radius 3 is 2.41 bits per heavy atom. The van der Waals surface area contributed by atoms with Crippen LogP contribution in [0.5, 0.6) is 5.75 Å². The van der Waals surface area contributed by atoms with Crippen molar-refractivity contribution in [2.75, 3.05) is 18.5 Å². The van der Waals surface area contributed by atoms with E-state index in [1.807, 2.05) is 0 Å². The summed E-state index contributed by atoms with van der Waals surface area (Å²) < 4.78 is 23.5. The van der Waals surface area contributed by atoms with Gasteiger partial charge in [-0.05, 0) is 63.2 Å². The Morgan fingerprint density at radius 2 is 1.76 bits per heavy atom. The van der Waals surface area contributed by atoms with Gasteiger partial charge >= 0.3 is 5.97 Å². The first-order valence-electron chi connectivity index (χ1n) is 9.01. The van der Waals surface area contributed by atoms with E-state index in [1.54, 1.807) is 25.1 Å². The highest BCUT2D eigenvalue weighted by molar-refractivity contribution is 5.97. The topological polar surface area (TPSA) is 93.7 Å². The van der Waals surface area contributed by atoms with Gasteiger partial charge in [0.05, 0.1) is 0 Å². The van der Waals surface area contributed by atoms with Gasteiger partial charge in [-0.3, -0.25) is 9.59 Å². The number of amides is 2. The van der Waals surface area contributed by atoms with E-state index in [9.17, 15) is 18.8 Å². The molecule has 0 aliphatic rings. The minimum atomic E-state index is -1.38. The lowest BCUT2D eigenvalue weighted by atomic mass is 10.1. The average Bonchev–Trinajstić information content (AvgIpc) is 2.68. The predicted molar refractivity (Wildman–Crippen MR) is 105 cm³/mol. The van der Waals surface area contributed by atoms with Gasteiger partial charge in [0, 0.05) is 17.8 Å². The normalized spacial score (nSPS) is 10.8. The summed E-state index contributed by atoms with van der Waals surface area (Å²) in [4.78, 5) is 36.2. The van der Waals surface area contributed by atoms with E-state index >= 15 is 0 Å². The Labute approximate surface area is 168 Å². The summed E-state index contributed by atoms with van der Waals surface area (Å²) in [6.45, 7) is 4.72. The van der Waals surface area contributed by atoms with Gasteiger partial charge in [0.15, 0.2) is 12.2 Å². The van der Waals surface area contributed by atoms with Crippen LogP contribution in [0.4, 0.5) is 10.1 Å². The zero-order chi connectivity index (χ0) is 21.4. The van der Waals surface area contributed by atoms with Crippen LogP contribution < -0.4 is 15.4 Å². The summed E-state index contributed by atoms with van der Waals surface area (Å²) in [5.74, 6) is -1.71. The van der Waals surface area contributed by atoms with E-state index in [-0.39, 0.29) is 5.91 Å². The molecule has 0 fully saturated rings. The molecule has 0 saturated heterocycles. The Bertz CT molecular complexity index is 881. The van der Waals surface area contributed by atoms with Crippen LogP contribution in [0.25, 0.3) is 0 Å². The zero-order valence-corrected chi connectivity index (χ0v) is 16.5. The minimum Gasteiger partial charge on any atom is -0.476 e. The summed E-state index contributed by atoms with van der Waals surface area (Å²) in [6.07, 6.45) is 0. The van der Waals surface area contributed by atoms with E-state index in [1.165, 1.54) is 44.2 Å². The number of nitrogens with one attached hydrogen (secondary N) is 2. The fraction of sp³-hybridized carbons (Fsp3) is 0.286. The molecule has 29 heavy (non-hydrogen) atoms. The first kappa shape index (κ1) is 21.9. The van der Waals surface area contributed by atoms with Gasteiger partial charge in [0.1, 0.15) is 11.6 Å². The number of carbonyl (C=O) groups excluding carboxylic acids is 3. The largest absolute Gasteiger partial charge is 0.476 e. The molecule has 0 saturated carbocycles. The smallest absolute Gasteiger partial charge is 0.350 e. The second kappa shape index (κ2) is 9.68. The first-order chi connectivity index (χ1) is 13.7. The second-order valence-electron chi connectivity index (χ2n) is 6.63. The molecule has 0 bridgehead atoms. The maximum Gasteiger partial charge on any atom is 0.350 e. The number of hydrogen-bond acceptors (Lipinski definition) is 5. The van der Waals surface area contributed by atoms with Gasteiger partial charge in [0.2, 0.25) is 0 Å². The van der Waals surface area contributed by atoms with Gasteiger partial charge < -0.3 is 20.1 Å². The van der Waals surface area contributed by atoms with Crippen LogP contribution >= 0.6 is 0 Å². The third-order valence-corrected chi connectivity index (χ3v) is 3.76. The highest BCUT2D eigenvalue weighted by Gasteiger charge is 2.32. The molecule has 2 aromatic carbocycles. The van der Waals surface area contributed by atoms with Crippen molar-refractivity contribution in [2.24, 2.45) is 0 Å². The van der Waals surface area contributed by atoms with Crippen molar-refractivity contribution in [3.8, 4) is 5.75 Å². The molecule has 0 aliphatic carbocycles. The van der Waals surface area contributed by atoms with E-state index < -0.39 is 29.9 Å². The van der Waals surface area contributed by atoms with Crippen molar-refractivity contribution in [3.63, 3.8) is 0 Å². The Kier molecular flexibility index (Phi) is 7.30. The van der Waals surface area contributed by atoms with Crippen LogP contribution in [-0.2, 0) is 14.3 Å². The van der Waals surface area contributed by atoms with Gasteiger partial charge in [0.25, 0.3) is 11.8 Å². The summed E-state index contributed by atoms with van der Waals surface area (Å²) in [5.41, 5.74) is -0.580. The molecule has 2 rings (SSSR count). The number of esters is 1. The van der Waals surface area contributed by atoms with Crippen molar-refractivity contribution < 1.29 is 28.2 Å². The molecular formula is C21H23FN2O5. The molecule has 0 heterocycles. The molecular weight excluding hydrogens is 379 g/mol.